The van der Waals surface area contributed by atoms with Crippen molar-refractivity contribution < 1.29 is 22.4 Å². The molecule has 1 aromatic heterocycles. The third kappa shape index (κ3) is 4.10. The molecule has 2 rings (SSSR count). The van der Waals surface area contributed by atoms with E-state index in [1.165, 1.54) is 18.4 Å². The molecular weight excluding hydrogens is 351 g/mol. The zero-order chi connectivity index (χ0) is 15.5. The summed E-state index contributed by atoms with van der Waals surface area (Å²) in [4.78, 5) is 11.8. The van der Waals surface area contributed by atoms with Crippen LogP contribution in [0.2, 0.25) is 0 Å². The molecule has 0 fully saturated rings. The van der Waals surface area contributed by atoms with Crippen molar-refractivity contribution >= 4 is 21.8 Å². The van der Waals surface area contributed by atoms with Crippen molar-refractivity contribution in [1.29, 1.82) is 0 Å². The van der Waals surface area contributed by atoms with Gasteiger partial charge in [0.05, 0.1) is 11.8 Å². The maximum absolute atomic E-state index is 12.8. The standard InChI is InChI=1S/C14H11BrF3NO2/c15-12-4-3-9(8-11(12)14(16,17)18)13(20)19-6-5-10-2-1-7-21-10/h1-4,7-8H,5-6H2,(H,19,20). The van der Waals surface area contributed by atoms with Gasteiger partial charge in [0.15, 0.2) is 0 Å². The third-order valence-corrected chi connectivity index (χ3v) is 3.46. The van der Waals surface area contributed by atoms with Crippen LogP contribution in [-0.2, 0) is 12.6 Å². The van der Waals surface area contributed by atoms with Crippen molar-refractivity contribution in [1.82, 2.24) is 5.32 Å². The first-order valence-electron chi connectivity index (χ1n) is 6.05. The molecule has 21 heavy (non-hydrogen) atoms. The topological polar surface area (TPSA) is 42.2 Å². The second kappa shape index (κ2) is 6.34. The van der Waals surface area contributed by atoms with Crippen LogP contribution in [0.15, 0.2) is 45.5 Å². The molecule has 0 aliphatic heterocycles. The monoisotopic (exact) mass is 361 g/mol. The summed E-state index contributed by atoms with van der Waals surface area (Å²) in [6.07, 6.45) is -2.52. The Labute approximate surface area is 127 Å². The van der Waals surface area contributed by atoms with E-state index in [1.807, 2.05) is 0 Å². The minimum atomic E-state index is -4.51. The number of carbonyl (C=O) groups excluding carboxylic acids is 1. The molecule has 1 heterocycles. The third-order valence-electron chi connectivity index (χ3n) is 2.77. The normalized spacial score (nSPS) is 11.4. The van der Waals surface area contributed by atoms with Gasteiger partial charge in [-0.3, -0.25) is 4.79 Å². The summed E-state index contributed by atoms with van der Waals surface area (Å²) in [5, 5.41) is 2.55. The van der Waals surface area contributed by atoms with Crippen molar-refractivity contribution in [3.8, 4) is 0 Å². The summed E-state index contributed by atoms with van der Waals surface area (Å²) in [5.41, 5.74) is -0.911. The lowest BCUT2D eigenvalue weighted by molar-refractivity contribution is -0.138. The number of hydrogen-bond donors (Lipinski definition) is 1. The summed E-state index contributed by atoms with van der Waals surface area (Å²) >= 11 is 2.83. The number of carbonyl (C=O) groups is 1. The smallest absolute Gasteiger partial charge is 0.417 e. The quantitative estimate of drug-likeness (QED) is 0.892. The highest BCUT2D eigenvalue weighted by molar-refractivity contribution is 9.10. The van der Waals surface area contributed by atoms with E-state index in [-0.39, 0.29) is 16.6 Å². The number of rotatable bonds is 4. The molecule has 0 atom stereocenters. The minimum Gasteiger partial charge on any atom is -0.469 e. The molecule has 0 spiro atoms. The number of nitrogens with one attached hydrogen (secondary N) is 1. The molecule has 0 unspecified atom stereocenters. The van der Waals surface area contributed by atoms with Gasteiger partial charge in [0.2, 0.25) is 0 Å². The Hall–Kier alpha value is -1.76. The lowest BCUT2D eigenvalue weighted by Crippen LogP contribution is -2.26. The lowest BCUT2D eigenvalue weighted by atomic mass is 10.1. The van der Waals surface area contributed by atoms with E-state index in [9.17, 15) is 18.0 Å². The second-order valence-corrected chi connectivity index (χ2v) is 5.13. The molecule has 112 valence electrons. The molecule has 0 saturated carbocycles. The average molecular weight is 362 g/mol. The van der Waals surface area contributed by atoms with Crippen LogP contribution in [0.4, 0.5) is 13.2 Å². The van der Waals surface area contributed by atoms with Crippen LogP contribution in [0.5, 0.6) is 0 Å². The van der Waals surface area contributed by atoms with Gasteiger partial charge in [0.1, 0.15) is 5.76 Å². The zero-order valence-electron chi connectivity index (χ0n) is 10.7. The van der Waals surface area contributed by atoms with Crippen LogP contribution in [0.25, 0.3) is 0 Å². The zero-order valence-corrected chi connectivity index (χ0v) is 12.3. The minimum absolute atomic E-state index is 0.0371. The predicted molar refractivity (Wildman–Crippen MR) is 73.9 cm³/mol. The lowest BCUT2D eigenvalue weighted by Gasteiger charge is -2.11. The van der Waals surface area contributed by atoms with E-state index in [0.29, 0.717) is 12.2 Å². The Morgan fingerprint density at radius 3 is 2.67 bits per heavy atom. The molecule has 0 saturated heterocycles. The summed E-state index contributed by atoms with van der Waals surface area (Å²) in [5.74, 6) is 0.140. The van der Waals surface area contributed by atoms with Crippen LogP contribution < -0.4 is 5.32 Å². The van der Waals surface area contributed by atoms with Gasteiger partial charge in [0, 0.05) is 23.0 Å². The number of amides is 1. The van der Waals surface area contributed by atoms with E-state index >= 15 is 0 Å². The summed E-state index contributed by atoms with van der Waals surface area (Å²) < 4.78 is 43.3. The first-order valence-corrected chi connectivity index (χ1v) is 6.84. The molecule has 0 aliphatic rings. The molecule has 7 heteroatoms. The molecule has 2 aromatic rings. The van der Waals surface area contributed by atoms with Crippen LogP contribution in [0, 0.1) is 0 Å². The Bertz CT molecular complexity index is 624. The Balaban J connectivity index is 2.02. The highest BCUT2D eigenvalue weighted by atomic mass is 79.9. The molecule has 1 aromatic carbocycles. The Morgan fingerprint density at radius 1 is 1.29 bits per heavy atom. The summed E-state index contributed by atoms with van der Waals surface area (Å²) in [7, 11) is 0. The van der Waals surface area contributed by atoms with Gasteiger partial charge in [-0.2, -0.15) is 13.2 Å². The molecular formula is C14H11BrF3NO2. The first-order chi connectivity index (χ1) is 9.88. The number of furan rings is 1. The maximum atomic E-state index is 12.8. The first kappa shape index (κ1) is 15.6. The maximum Gasteiger partial charge on any atom is 0.417 e. The van der Waals surface area contributed by atoms with Gasteiger partial charge >= 0.3 is 6.18 Å². The van der Waals surface area contributed by atoms with E-state index in [1.54, 1.807) is 12.1 Å². The van der Waals surface area contributed by atoms with Crippen molar-refractivity contribution in [3.63, 3.8) is 0 Å². The molecule has 1 N–H and O–H groups in total. The van der Waals surface area contributed by atoms with Gasteiger partial charge in [-0.1, -0.05) is 15.9 Å². The van der Waals surface area contributed by atoms with Crippen LogP contribution in [-0.4, -0.2) is 12.5 Å². The molecule has 3 nitrogen and oxygen atoms in total. The van der Waals surface area contributed by atoms with Crippen molar-refractivity contribution in [3.05, 3.63) is 58.0 Å². The molecule has 1 amide bonds. The Kier molecular flexibility index (Phi) is 4.72. The van der Waals surface area contributed by atoms with E-state index in [0.717, 1.165) is 6.07 Å². The van der Waals surface area contributed by atoms with Gasteiger partial charge in [-0.05, 0) is 30.3 Å². The predicted octanol–water partition coefficient (Wildman–Crippen LogP) is 4.03. The van der Waals surface area contributed by atoms with Crippen LogP contribution in [0.1, 0.15) is 21.7 Å². The molecule has 0 bridgehead atoms. The Morgan fingerprint density at radius 2 is 2.05 bits per heavy atom. The van der Waals surface area contributed by atoms with Crippen molar-refractivity contribution in [2.75, 3.05) is 6.54 Å². The molecule has 0 aliphatic carbocycles. The van der Waals surface area contributed by atoms with Gasteiger partial charge in [-0.25, -0.2) is 0 Å². The van der Waals surface area contributed by atoms with Gasteiger partial charge in [0.25, 0.3) is 5.91 Å². The number of halogens is 4. The van der Waals surface area contributed by atoms with E-state index < -0.39 is 17.6 Å². The summed E-state index contributed by atoms with van der Waals surface area (Å²) in [6, 6.07) is 6.85. The highest BCUT2D eigenvalue weighted by Crippen LogP contribution is 2.35. The van der Waals surface area contributed by atoms with E-state index in [4.69, 9.17) is 4.42 Å². The second-order valence-electron chi connectivity index (χ2n) is 4.28. The van der Waals surface area contributed by atoms with Crippen LogP contribution >= 0.6 is 15.9 Å². The van der Waals surface area contributed by atoms with Crippen LogP contribution in [0.3, 0.4) is 0 Å². The molecule has 0 radical (unpaired) electrons. The number of alkyl halides is 3. The van der Waals surface area contributed by atoms with Crippen molar-refractivity contribution in [2.45, 2.75) is 12.6 Å². The number of benzene rings is 1. The fourth-order valence-corrected chi connectivity index (χ4v) is 2.21. The van der Waals surface area contributed by atoms with Gasteiger partial charge < -0.3 is 9.73 Å². The fourth-order valence-electron chi connectivity index (χ4n) is 1.74. The number of hydrogen-bond acceptors (Lipinski definition) is 2. The highest BCUT2D eigenvalue weighted by Gasteiger charge is 2.33. The van der Waals surface area contributed by atoms with E-state index in [2.05, 4.69) is 21.2 Å². The average Bonchev–Trinajstić information content (AvgIpc) is 2.91. The largest absolute Gasteiger partial charge is 0.469 e. The van der Waals surface area contributed by atoms with Gasteiger partial charge in [-0.15, -0.1) is 0 Å². The SMILES string of the molecule is O=C(NCCc1ccco1)c1ccc(Br)c(C(F)(F)F)c1. The summed E-state index contributed by atoms with van der Waals surface area (Å²) in [6.45, 7) is 0.282. The fraction of sp³-hybridized carbons (Fsp3) is 0.214. The van der Waals surface area contributed by atoms with Crippen molar-refractivity contribution in [2.24, 2.45) is 0 Å².